The molecule has 1 aromatic rings. The lowest BCUT2D eigenvalue weighted by atomic mass is 10.2. The molecule has 5 heteroatoms. The Morgan fingerprint density at radius 2 is 1.92 bits per heavy atom. The van der Waals surface area contributed by atoms with Gasteiger partial charge in [0.1, 0.15) is 0 Å². The molecule has 0 saturated carbocycles. The number of benzene rings is 1. The molecule has 1 aromatic carbocycles. The molecule has 130 valence electrons. The van der Waals surface area contributed by atoms with Gasteiger partial charge in [0.15, 0.2) is 5.96 Å². The van der Waals surface area contributed by atoms with Crippen molar-refractivity contribution in [3.63, 3.8) is 0 Å². The number of hydrogen-bond acceptors (Lipinski definition) is 2. The van der Waals surface area contributed by atoms with E-state index in [0.717, 1.165) is 38.4 Å². The van der Waals surface area contributed by atoms with Gasteiger partial charge in [-0.05, 0) is 37.5 Å². The van der Waals surface area contributed by atoms with Crippen molar-refractivity contribution in [1.82, 2.24) is 10.6 Å². The van der Waals surface area contributed by atoms with E-state index in [1.54, 1.807) is 0 Å². The summed E-state index contributed by atoms with van der Waals surface area (Å²) < 4.78 is 0. The molecule has 4 nitrogen and oxygen atoms in total. The molecule has 0 atom stereocenters. The van der Waals surface area contributed by atoms with Gasteiger partial charge in [-0.2, -0.15) is 0 Å². The summed E-state index contributed by atoms with van der Waals surface area (Å²) in [5.41, 5.74) is 2.52. The van der Waals surface area contributed by atoms with Crippen molar-refractivity contribution in [1.29, 1.82) is 0 Å². The summed E-state index contributed by atoms with van der Waals surface area (Å²) in [7, 11) is 0. The zero-order valence-electron chi connectivity index (χ0n) is 14.2. The van der Waals surface area contributed by atoms with E-state index in [0.29, 0.717) is 12.6 Å². The van der Waals surface area contributed by atoms with E-state index in [2.05, 4.69) is 71.0 Å². The SMILES string of the molecule is CCNC(=NCc1cccc(N2CC=CC2)c1)NC1CC=CC1.I. The molecule has 0 radical (unpaired) electrons. The van der Waals surface area contributed by atoms with Gasteiger partial charge in [0.05, 0.1) is 6.54 Å². The Kier molecular flexibility index (Phi) is 7.62. The summed E-state index contributed by atoms with van der Waals surface area (Å²) in [5, 5.41) is 6.85. The number of nitrogens with one attached hydrogen (secondary N) is 2. The normalized spacial score (nSPS) is 17.2. The molecule has 0 saturated heterocycles. The molecule has 2 N–H and O–H groups in total. The van der Waals surface area contributed by atoms with Crippen LogP contribution in [0.25, 0.3) is 0 Å². The Morgan fingerprint density at radius 3 is 2.62 bits per heavy atom. The third kappa shape index (κ3) is 5.26. The Morgan fingerprint density at radius 1 is 1.17 bits per heavy atom. The minimum atomic E-state index is 0. The molecule has 0 fully saturated rings. The van der Waals surface area contributed by atoms with Crippen LogP contribution in [0.5, 0.6) is 0 Å². The molecular formula is C19H27IN4. The highest BCUT2D eigenvalue weighted by molar-refractivity contribution is 14.0. The van der Waals surface area contributed by atoms with E-state index in [1.807, 2.05) is 0 Å². The number of rotatable bonds is 5. The molecule has 24 heavy (non-hydrogen) atoms. The van der Waals surface area contributed by atoms with Crippen molar-refractivity contribution in [2.75, 3.05) is 24.5 Å². The first-order valence-corrected chi connectivity index (χ1v) is 8.54. The fraction of sp³-hybridized carbons (Fsp3) is 0.421. The number of guanidine groups is 1. The van der Waals surface area contributed by atoms with Crippen molar-refractivity contribution >= 4 is 35.6 Å². The monoisotopic (exact) mass is 438 g/mol. The van der Waals surface area contributed by atoms with Gasteiger partial charge in [-0.1, -0.05) is 36.4 Å². The third-order valence-corrected chi connectivity index (χ3v) is 4.21. The molecule has 1 aliphatic heterocycles. The highest BCUT2D eigenvalue weighted by Crippen LogP contribution is 2.19. The van der Waals surface area contributed by atoms with Crippen LogP contribution < -0.4 is 15.5 Å². The van der Waals surface area contributed by atoms with Crippen LogP contribution in [-0.4, -0.2) is 31.6 Å². The van der Waals surface area contributed by atoms with Crippen LogP contribution in [0.1, 0.15) is 25.3 Å². The average Bonchev–Trinajstić information content (AvgIpc) is 3.27. The second-order valence-corrected chi connectivity index (χ2v) is 6.03. The molecule has 3 rings (SSSR count). The van der Waals surface area contributed by atoms with Crippen LogP contribution >= 0.6 is 24.0 Å². The van der Waals surface area contributed by atoms with E-state index in [9.17, 15) is 0 Å². The summed E-state index contributed by atoms with van der Waals surface area (Å²) in [6, 6.07) is 9.18. The molecule has 0 unspecified atom stereocenters. The van der Waals surface area contributed by atoms with Gasteiger partial charge in [-0.3, -0.25) is 0 Å². The third-order valence-electron chi connectivity index (χ3n) is 4.21. The van der Waals surface area contributed by atoms with E-state index >= 15 is 0 Å². The van der Waals surface area contributed by atoms with E-state index in [-0.39, 0.29) is 24.0 Å². The summed E-state index contributed by atoms with van der Waals surface area (Å²) in [5.74, 6) is 0.912. The second kappa shape index (κ2) is 9.71. The molecule has 1 aliphatic carbocycles. The maximum atomic E-state index is 4.75. The fourth-order valence-electron chi connectivity index (χ4n) is 2.96. The van der Waals surface area contributed by atoms with Crippen molar-refractivity contribution in [2.24, 2.45) is 4.99 Å². The lowest BCUT2D eigenvalue weighted by molar-refractivity contribution is 0.633. The maximum Gasteiger partial charge on any atom is 0.191 e. The smallest absolute Gasteiger partial charge is 0.191 e. The van der Waals surface area contributed by atoms with Gasteiger partial charge >= 0.3 is 0 Å². The number of aliphatic imine (C=N–C) groups is 1. The predicted octanol–water partition coefficient (Wildman–Crippen LogP) is 3.45. The number of halogens is 1. The molecule has 0 bridgehead atoms. The second-order valence-electron chi connectivity index (χ2n) is 6.03. The van der Waals surface area contributed by atoms with E-state index in [4.69, 9.17) is 4.99 Å². The van der Waals surface area contributed by atoms with Gasteiger partial charge in [-0.15, -0.1) is 24.0 Å². The zero-order chi connectivity index (χ0) is 15.9. The van der Waals surface area contributed by atoms with Crippen LogP contribution in [0.3, 0.4) is 0 Å². The summed E-state index contributed by atoms with van der Waals surface area (Å²) in [6.45, 7) is 5.69. The number of nitrogens with zero attached hydrogens (tertiary/aromatic N) is 2. The Hall–Kier alpha value is -1.50. The largest absolute Gasteiger partial charge is 0.364 e. The van der Waals surface area contributed by atoms with Gasteiger partial charge in [-0.25, -0.2) is 4.99 Å². The molecule has 1 heterocycles. The fourth-order valence-corrected chi connectivity index (χ4v) is 2.96. The zero-order valence-corrected chi connectivity index (χ0v) is 16.6. The van der Waals surface area contributed by atoms with Crippen LogP contribution in [0, 0.1) is 0 Å². The Balaban J connectivity index is 0.00000208. The summed E-state index contributed by atoms with van der Waals surface area (Å²) >= 11 is 0. The minimum absolute atomic E-state index is 0. The highest BCUT2D eigenvalue weighted by atomic mass is 127. The quantitative estimate of drug-likeness (QED) is 0.320. The predicted molar refractivity (Wildman–Crippen MR) is 113 cm³/mol. The molecule has 0 spiro atoms. The summed E-state index contributed by atoms with van der Waals surface area (Å²) in [6.07, 6.45) is 11.1. The van der Waals surface area contributed by atoms with Crippen LogP contribution in [-0.2, 0) is 6.54 Å². The standard InChI is InChI=1S/C19H26N4.HI/c1-2-20-19(22-17-9-3-4-10-17)21-15-16-8-7-11-18(14-16)23-12-5-6-13-23;/h3-8,11,14,17H,2,9-10,12-13,15H2,1H3,(H2,20,21,22);1H. The first-order valence-electron chi connectivity index (χ1n) is 8.54. The Labute approximate surface area is 162 Å². The topological polar surface area (TPSA) is 39.7 Å². The van der Waals surface area contributed by atoms with Crippen LogP contribution in [0.4, 0.5) is 5.69 Å². The van der Waals surface area contributed by atoms with Gasteiger partial charge in [0, 0.05) is 31.4 Å². The average molecular weight is 438 g/mol. The Bertz CT molecular complexity index is 593. The highest BCUT2D eigenvalue weighted by Gasteiger charge is 2.11. The lowest BCUT2D eigenvalue weighted by Crippen LogP contribution is -2.42. The van der Waals surface area contributed by atoms with Crippen LogP contribution in [0.2, 0.25) is 0 Å². The number of anilines is 1. The van der Waals surface area contributed by atoms with Crippen molar-refractivity contribution in [3.05, 3.63) is 54.1 Å². The van der Waals surface area contributed by atoms with Gasteiger partial charge in [0.25, 0.3) is 0 Å². The van der Waals surface area contributed by atoms with Crippen molar-refractivity contribution in [2.45, 2.75) is 32.4 Å². The van der Waals surface area contributed by atoms with Crippen molar-refractivity contribution < 1.29 is 0 Å². The van der Waals surface area contributed by atoms with Crippen LogP contribution in [0.15, 0.2) is 53.6 Å². The lowest BCUT2D eigenvalue weighted by Gasteiger charge is -2.19. The maximum absolute atomic E-state index is 4.75. The van der Waals surface area contributed by atoms with Gasteiger partial charge < -0.3 is 15.5 Å². The summed E-state index contributed by atoms with van der Waals surface area (Å²) in [4.78, 5) is 7.11. The van der Waals surface area contributed by atoms with E-state index in [1.165, 1.54) is 11.3 Å². The molecular weight excluding hydrogens is 411 g/mol. The first kappa shape index (κ1) is 18.8. The minimum Gasteiger partial charge on any atom is -0.364 e. The van der Waals surface area contributed by atoms with E-state index < -0.39 is 0 Å². The molecule has 2 aliphatic rings. The number of hydrogen-bond donors (Lipinski definition) is 2. The molecule has 0 amide bonds. The first-order chi connectivity index (χ1) is 11.3. The molecule has 0 aromatic heterocycles. The van der Waals surface area contributed by atoms with Crippen molar-refractivity contribution in [3.8, 4) is 0 Å². The van der Waals surface area contributed by atoms with Gasteiger partial charge in [0.2, 0.25) is 0 Å².